The topological polar surface area (TPSA) is 99.7 Å². The molecule has 2 unspecified atom stereocenters. The minimum atomic E-state index is -0.600. The molecule has 1 aliphatic rings. The van der Waals surface area contributed by atoms with E-state index in [0.717, 1.165) is 46.5 Å². The molecule has 2 atom stereocenters. The van der Waals surface area contributed by atoms with Crippen molar-refractivity contribution in [2.45, 2.75) is 58.7 Å². The van der Waals surface area contributed by atoms with Gasteiger partial charge < -0.3 is 24.3 Å². The van der Waals surface area contributed by atoms with Crippen LogP contribution >= 0.6 is 11.6 Å². The van der Waals surface area contributed by atoms with E-state index in [1.165, 1.54) is 7.05 Å². The average Bonchev–Trinajstić information content (AvgIpc) is 3.34. The van der Waals surface area contributed by atoms with Crippen molar-refractivity contribution in [3.8, 4) is 16.9 Å². The molecule has 0 bridgehead atoms. The Balaban J connectivity index is 1.72. The molecular weight excluding hydrogens is 594 g/mol. The lowest BCUT2D eigenvalue weighted by molar-refractivity contribution is 0.0489. The van der Waals surface area contributed by atoms with E-state index in [1.807, 2.05) is 80.8 Å². The third-order valence-corrected chi connectivity index (χ3v) is 8.87. The van der Waals surface area contributed by atoms with Crippen LogP contribution in [0.2, 0.25) is 5.02 Å². The highest BCUT2D eigenvalue weighted by atomic mass is 35.5. The highest BCUT2D eigenvalue weighted by molar-refractivity contribution is 6.31. The molecule has 5 rings (SSSR count). The van der Waals surface area contributed by atoms with Gasteiger partial charge in [0.25, 0.3) is 5.56 Å². The van der Waals surface area contributed by atoms with Gasteiger partial charge in [0.05, 0.1) is 19.2 Å². The molecule has 2 aromatic heterocycles. The summed E-state index contributed by atoms with van der Waals surface area (Å²) in [4.78, 5) is 42.3. The van der Waals surface area contributed by atoms with E-state index in [-0.39, 0.29) is 17.5 Å². The first-order valence-electron chi connectivity index (χ1n) is 15.2. The van der Waals surface area contributed by atoms with Crippen LogP contribution in [0.25, 0.3) is 22.2 Å². The van der Waals surface area contributed by atoms with Crippen LogP contribution in [-0.4, -0.2) is 51.6 Å². The minimum Gasteiger partial charge on any atom is -0.497 e. The number of carbonyl (C=O) groups excluding carboxylic acids is 1. The van der Waals surface area contributed by atoms with Gasteiger partial charge in [0, 0.05) is 43.8 Å². The van der Waals surface area contributed by atoms with Crippen molar-refractivity contribution >= 4 is 34.5 Å². The number of amides is 1. The molecular formula is C34H42ClN5O5. The number of aryl methyl sites for hydroxylation is 1. The first kappa shape index (κ1) is 32.2. The van der Waals surface area contributed by atoms with Gasteiger partial charge >= 0.3 is 11.8 Å². The quantitative estimate of drug-likeness (QED) is 0.286. The number of alkyl carbamates (subject to hydrolysis) is 1. The number of hydrogen-bond donors (Lipinski definition) is 1. The summed E-state index contributed by atoms with van der Waals surface area (Å²) < 4.78 is 15.7. The Bertz CT molecular complexity index is 1830. The van der Waals surface area contributed by atoms with Crippen molar-refractivity contribution in [1.29, 1.82) is 0 Å². The zero-order valence-corrected chi connectivity index (χ0v) is 27.8. The molecule has 1 fully saturated rings. The fourth-order valence-corrected chi connectivity index (χ4v) is 6.42. The summed E-state index contributed by atoms with van der Waals surface area (Å²) in [6.45, 7) is 9.20. The van der Waals surface area contributed by atoms with Gasteiger partial charge in [-0.2, -0.15) is 0 Å². The van der Waals surface area contributed by atoms with Crippen LogP contribution in [-0.2, 0) is 25.4 Å². The Morgan fingerprint density at radius 2 is 1.73 bits per heavy atom. The molecule has 0 spiro atoms. The number of aromatic nitrogens is 3. The second kappa shape index (κ2) is 12.7. The number of ether oxygens (including phenoxy) is 2. The Morgan fingerprint density at radius 3 is 2.38 bits per heavy atom. The number of hydrogen-bond acceptors (Lipinski definition) is 6. The molecule has 0 radical (unpaired) electrons. The minimum absolute atomic E-state index is 0.105. The molecule has 1 aliphatic heterocycles. The maximum absolute atomic E-state index is 14.0. The van der Waals surface area contributed by atoms with Crippen LogP contribution in [0.5, 0.6) is 5.75 Å². The Labute approximate surface area is 268 Å². The lowest BCUT2D eigenvalue weighted by Gasteiger charge is -2.38. The molecule has 1 N–H and O–H groups in total. The van der Waals surface area contributed by atoms with Crippen LogP contribution in [0.15, 0.2) is 58.1 Å². The van der Waals surface area contributed by atoms with Gasteiger partial charge in [0.15, 0.2) is 0 Å². The molecule has 11 heteroatoms. The van der Waals surface area contributed by atoms with Gasteiger partial charge in [-0.3, -0.25) is 13.9 Å². The Hall–Kier alpha value is -4.18. The molecule has 0 aliphatic carbocycles. The van der Waals surface area contributed by atoms with E-state index in [9.17, 15) is 14.4 Å². The van der Waals surface area contributed by atoms with Crippen LogP contribution in [0, 0.1) is 5.92 Å². The van der Waals surface area contributed by atoms with Crippen LogP contribution in [0.3, 0.4) is 0 Å². The number of methoxy groups -OCH3 is 1. The fraction of sp³-hybridized carbons (Fsp3) is 0.441. The number of carbonyl (C=O) groups is 1. The predicted molar refractivity (Wildman–Crippen MR) is 179 cm³/mol. The zero-order chi connectivity index (χ0) is 32.6. The van der Waals surface area contributed by atoms with Crippen LogP contribution in [0.4, 0.5) is 10.6 Å². The Kier molecular flexibility index (Phi) is 9.07. The number of anilines is 1. The summed E-state index contributed by atoms with van der Waals surface area (Å²) in [5, 5.41) is 3.62. The largest absolute Gasteiger partial charge is 0.497 e. The monoisotopic (exact) mass is 635 g/mol. The Morgan fingerprint density at radius 1 is 1.04 bits per heavy atom. The SMILES string of the molecule is COc1ccc(-c2c(N3CCCC(C(C)NC(=O)OC(C)(C)C)C3)n(Cc3ccccc3Cl)c3c(=O)n(C)c(=O)n(C)c23)cc1. The predicted octanol–water partition coefficient (Wildman–Crippen LogP) is 5.55. The first-order chi connectivity index (χ1) is 21.3. The van der Waals surface area contributed by atoms with Crippen molar-refractivity contribution in [3.05, 3.63) is 80.0 Å². The second-order valence-corrected chi connectivity index (χ2v) is 13.2. The van der Waals surface area contributed by atoms with Gasteiger partial charge in [-0.05, 0) is 75.8 Å². The number of nitrogens with one attached hydrogen (secondary N) is 1. The van der Waals surface area contributed by atoms with E-state index in [2.05, 4.69) is 10.2 Å². The van der Waals surface area contributed by atoms with Gasteiger partial charge in [0.2, 0.25) is 0 Å². The normalized spacial score (nSPS) is 16.1. The van der Waals surface area contributed by atoms with E-state index >= 15 is 0 Å². The number of rotatable bonds is 7. The van der Waals surface area contributed by atoms with Crippen molar-refractivity contribution in [1.82, 2.24) is 19.0 Å². The van der Waals surface area contributed by atoms with Crippen molar-refractivity contribution in [2.75, 3.05) is 25.1 Å². The number of benzene rings is 2. The van der Waals surface area contributed by atoms with Gasteiger partial charge in [-0.25, -0.2) is 9.59 Å². The van der Waals surface area contributed by atoms with Crippen LogP contribution in [0.1, 0.15) is 46.1 Å². The third-order valence-electron chi connectivity index (χ3n) is 8.50. The summed E-state index contributed by atoms with van der Waals surface area (Å²) in [5.74, 6) is 1.63. The first-order valence-corrected chi connectivity index (χ1v) is 15.6. The maximum atomic E-state index is 14.0. The molecule has 2 aromatic carbocycles. The van der Waals surface area contributed by atoms with Gasteiger partial charge in [0.1, 0.15) is 22.7 Å². The van der Waals surface area contributed by atoms with E-state index < -0.39 is 17.4 Å². The fourth-order valence-electron chi connectivity index (χ4n) is 6.23. The molecule has 240 valence electrons. The third kappa shape index (κ3) is 6.47. The number of halogens is 1. The van der Waals surface area contributed by atoms with E-state index in [4.69, 9.17) is 21.1 Å². The number of fused-ring (bicyclic) bond motifs is 1. The van der Waals surface area contributed by atoms with Crippen molar-refractivity contribution < 1.29 is 14.3 Å². The molecule has 3 heterocycles. The highest BCUT2D eigenvalue weighted by Gasteiger charge is 2.33. The lowest BCUT2D eigenvalue weighted by Crippen LogP contribution is -2.48. The van der Waals surface area contributed by atoms with E-state index in [1.54, 1.807) is 18.7 Å². The maximum Gasteiger partial charge on any atom is 0.407 e. The zero-order valence-electron chi connectivity index (χ0n) is 27.0. The summed E-state index contributed by atoms with van der Waals surface area (Å²) >= 11 is 6.68. The molecule has 45 heavy (non-hydrogen) atoms. The second-order valence-electron chi connectivity index (χ2n) is 12.8. The van der Waals surface area contributed by atoms with E-state index in [0.29, 0.717) is 34.9 Å². The molecule has 10 nitrogen and oxygen atoms in total. The van der Waals surface area contributed by atoms with Crippen molar-refractivity contribution in [2.24, 2.45) is 20.0 Å². The highest BCUT2D eigenvalue weighted by Crippen LogP contribution is 2.42. The summed E-state index contributed by atoms with van der Waals surface area (Å²) in [5.41, 5.74) is 2.06. The number of piperidine rings is 1. The standard InChI is InChI=1S/C34H42ClN5O5/c1-21(36-32(42)45-34(2,3)4)23-12-10-18-39(19-23)30-27(22-14-16-25(44-7)17-15-22)28-29(31(41)38(6)33(43)37(28)5)40(30)20-24-11-8-9-13-26(24)35/h8-9,11,13-17,21,23H,10,12,18-20H2,1-7H3,(H,36,42). The van der Waals surface area contributed by atoms with Crippen LogP contribution < -0.4 is 26.2 Å². The average molecular weight is 636 g/mol. The number of nitrogens with zero attached hydrogens (tertiary/aromatic N) is 4. The molecule has 1 amide bonds. The smallest absolute Gasteiger partial charge is 0.407 e. The summed E-state index contributed by atoms with van der Waals surface area (Å²) in [7, 11) is 4.82. The molecule has 0 saturated carbocycles. The molecule has 1 saturated heterocycles. The van der Waals surface area contributed by atoms with Crippen molar-refractivity contribution in [3.63, 3.8) is 0 Å². The van der Waals surface area contributed by atoms with Gasteiger partial charge in [-0.1, -0.05) is 41.9 Å². The lowest BCUT2D eigenvalue weighted by atomic mass is 9.91. The molecule has 4 aromatic rings. The van der Waals surface area contributed by atoms with Gasteiger partial charge in [-0.15, -0.1) is 0 Å². The summed E-state index contributed by atoms with van der Waals surface area (Å²) in [6, 6.07) is 15.1. The summed E-state index contributed by atoms with van der Waals surface area (Å²) in [6.07, 6.45) is 1.34.